The van der Waals surface area contributed by atoms with Crippen LogP contribution >= 0.6 is 0 Å². The molecule has 0 atom stereocenters. The summed E-state index contributed by atoms with van der Waals surface area (Å²) >= 11 is 0. The molecule has 0 saturated carbocycles. The van der Waals surface area contributed by atoms with Gasteiger partial charge in [0.05, 0.1) is 22.7 Å². The highest BCUT2D eigenvalue weighted by Crippen LogP contribution is 2.64. The van der Waals surface area contributed by atoms with Crippen LogP contribution in [0.15, 0.2) is 170 Å². The second-order valence-corrected chi connectivity index (χ2v) is 16.2. The van der Waals surface area contributed by atoms with E-state index in [9.17, 15) is 0 Å². The van der Waals surface area contributed by atoms with E-state index in [1.54, 1.807) is 0 Å². The topological polar surface area (TPSA) is 15.7 Å². The zero-order valence-corrected chi connectivity index (χ0v) is 31.5. The lowest BCUT2D eigenvalue weighted by molar-refractivity contribution is 0.472. The quantitative estimate of drug-likeness (QED) is 0.181. The van der Waals surface area contributed by atoms with Crippen LogP contribution in [0.25, 0.3) is 33.0 Å². The minimum absolute atomic E-state index is 0.142. The summed E-state index contributed by atoms with van der Waals surface area (Å²) in [5.74, 6) is 1.74. The Morgan fingerprint density at radius 3 is 2.02 bits per heavy atom. The molecule has 264 valence electrons. The van der Waals surface area contributed by atoms with Crippen molar-refractivity contribution in [3.8, 4) is 33.8 Å². The molecule has 0 unspecified atom stereocenters. The summed E-state index contributed by atoms with van der Waals surface area (Å²) in [4.78, 5) is 4.98. The molecule has 3 aliphatic rings. The largest absolute Gasteiger partial charge is 0.453 e. The van der Waals surface area contributed by atoms with E-state index in [1.165, 1.54) is 61.0 Å². The van der Waals surface area contributed by atoms with Crippen LogP contribution in [0, 0.1) is 0 Å². The summed E-state index contributed by atoms with van der Waals surface area (Å²) in [6.45, 7) is 9.48. The second kappa shape index (κ2) is 11.5. The normalized spacial score (nSPS) is 14.9. The summed E-state index contributed by atoms with van der Waals surface area (Å²) in [7, 11) is 0. The van der Waals surface area contributed by atoms with Crippen LogP contribution in [0.3, 0.4) is 0 Å². The van der Waals surface area contributed by atoms with E-state index in [2.05, 4.69) is 207 Å². The number of ether oxygens (including phenoxy) is 1. The number of hydrogen-bond donors (Lipinski definition) is 0. The summed E-state index contributed by atoms with van der Waals surface area (Å²) in [5, 5.41) is 2.36. The fourth-order valence-electron chi connectivity index (χ4n) is 9.73. The standard InChI is InChI=1S/C52H40N2O/c1-51(2)41-22-11-10-21-39(41)40-27-26-37(32-43(40)51)53(36-19-14-18-35(31-36)33-15-6-5-7-16-33)45-28-30-47-50-48(45)52(3,4)42-23-12-13-24-44(42)54(50)49-38-20-9-8-17-34(38)25-29-46(49)55-47/h5-32H,1-4H3. The van der Waals surface area contributed by atoms with E-state index in [0.29, 0.717) is 0 Å². The monoisotopic (exact) mass is 708 g/mol. The number of para-hydroxylation sites is 1. The molecular formula is C52H40N2O. The van der Waals surface area contributed by atoms with E-state index in [-0.39, 0.29) is 10.8 Å². The van der Waals surface area contributed by atoms with Crippen LogP contribution in [0.4, 0.5) is 34.1 Å². The molecule has 0 aromatic heterocycles. The van der Waals surface area contributed by atoms with Gasteiger partial charge in [-0.2, -0.15) is 0 Å². The number of hydrogen-bond acceptors (Lipinski definition) is 3. The molecule has 2 aliphatic heterocycles. The van der Waals surface area contributed by atoms with Crippen LogP contribution in [-0.4, -0.2) is 0 Å². The van der Waals surface area contributed by atoms with E-state index in [1.807, 2.05) is 0 Å². The fourth-order valence-corrected chi connectivity index (χ4v) is 9.73. The Kier molecular flexibility index (Phi) is 6.65. The van der Waals surface area contributed by atoms with Crippen molar-refractivity contribution < 1.29 is 4.74 Å². The first-order chi connectivity index (χ1) is 26.8. The van der Waals surface area contributed by atoms with Crippen LogP contribution in [0.5, 0.6) is 11.5 Å². The van der Waals surface area contributed by atoms with Crippen molar-refractivity contribution in [2.45, 2.75) is 38.5 Å². The number of rotatable bonds is 4. The third kappa shape index (κ3) is 4.50. The minimum atomic E-state index is -0.374. The van der Waals surface area contributed by atoms with Gasteiger partial charge in [0.25, 0.3) is 0 Å². The minimum Gasteiger partial charge on any atom is -0.453 e. The molecule has 0 saturated heterocycles. The Labute approximate surface area is 322 Å². The zero-order chi connectivity index (χ0) is 37.1. The molecule has 11 rings (SSSR count). The Balaban J connectivity index is 1.21. The van der Waals surface area contributed by atoms with Gasteiger partial charge in [-0.3, -0.25) is 0 Å². The molecular weight excluding hydrogens is 669 g/mol. The van der Waals surface area contributed by atoms with Crippen molar-refractivity contribution in [2.24, 2.45) is 0 Å². The third-order valence-electron chi connectivity index (χ3n) is 12.4. The molecule has 0 bridgehead atoms. The van der Waals surface area contributed by atoms with Gasteiger partial charge in [0, 0.05) is 33.2 Å². The maximum atomic E-state index is 6.93. The van der Waals surface area contributed by atoms with Gasteiger partial charge in [0.1, 0.15) is 0 Å². The highest BCUT2D eigenvalue weighted by molar-refractivity contribution is 6.07. The van der Waals surface area contributed by atoms with Crippen molar-refractivity contribution in [3.63, 3.8) is 0 Å². The molecule has 0 radical (unpaired) electrons. The van der Waals surface area contributed by atoms with Crippen LogP contribution in [0.1, 0.15) is 49.9 Å². The molecule has 0 fully saturated rings. The Hall–Kier alpha value is -6.58. The Bertz CT molecular complexity index is 2870. The molecule has 0 amide bonds. The molecule has 8 aromatic rings. The lowest BCUT2D eigenvalue weighted by Crippen LogP contribution is -2.34. The third-order valence-corrected chi connectivity index (χ3v) is 12.4. The summed E-state index contributed by atoms with van der Waals surface area (Å²) in [5.41, 5.74) is 16.5. The van der Waals surface area contributed by atoms with Gasteiger partial charge in [0.2, 0.25) is 0 Å². The van der Waals surface area contributed by atoms with Gasteiger partial charge in [-0.05, 0) is 92.9 Å². The average Bonchev–Trinajstić information content (AvgIpc) is 3.45. The van der Waals surface area contributed by atoms with Crippen molar-refractivity contribution in [2.75, 3.05) is 9.80 Å². The summed E-state index contributed by atoms with van der Waals surface area (Å²) in [6, 6.07) is 62.0. The first-order valence-electron chi connectivity index (χ1n) is 19.3. The fraction of sp³-hybridized carbons (Fsp3) is 0.115. The Morgan fingerprint density at radius 1 is 0.473 bits per heavy atom. The maximum Gasteiger partial charge on any atom is 0.152 e. The van der Waals surface area contributed by atoms with Gasteiger partial charge < -0.3 is 14.5 Å². The number of anilines is 6. The number of nitrogens with zero attached hydrogens (tertiary/aromatic N) is 2. The van der Waals surface area contributed by atoms with Crippen molar-refractivity contribution in [1.82, 2.24) is 0 Å². The molecule has 55 heavy (non-hydrogen) atoms. The van der Waals surface area contributed by atoms with Gasteiger partial charge in [0.15, 0.2) is 11.5 Å². The van der Waals surface area contributed by atoms with Crippen molar-refractivity contribution >= 4 is 44.9 Å². The smallest absolute Gasteiger partial charge is 0.152 e. The van der Waals surface area contributed by atoms with E-state index in [4.69, 9.17) is 4.74 Å². The average molecular weight is 709 g/mol. The molecule has 8 aromatic carbocycles. The first kappa shape index (κ1) is 31.9. The predicted octanol–water partition coefficient (Wildman–Crippen LogP) is 14.5. The maximum absolute atomic E-state index is 6.93. The van der Waals surface area contributed by atoms with Crippen LogP contribution in [-0.2, 0) is 10.8 Å². The predicted molar refractivity (Wildman–Crippen MR) is 229 cm³/mol. The molecule has 1 aliphatic carbocycles. The molecule has 0 N–H and O–H groups in total. The first-order valence-corrected chi connectivity index (χ1v) is 19.3. The van der Waals surface area contributed by atoms with E-state index < -0.39 is 0 Å². The highest BCUT2D eigenvalue weighted by atomic mass is 16.5. The van der Waals surface area contributed by atoms with Gasteiger partial charge >= 0.3 is 0 Å². The van der Waals surface area contributed by atoms with Gasteiger partial charge in [-0.25, -0.2) is 0 Å². The Morgan fingerprint density at radius 2 is 1.15 bits per heavy atom. The number of benzene rings is 8. The highest BCUT2D eigenvalue weighted by Gasteiger charge is 2.45. The van der Waals surface area contributed by atoms with Crippen molar-refractivity contribution in [1.29, 1.82) is 0 Å². The molecule has 0 spiro atoms. The SMILES string of the molecule is CC1(C)c2ccccc2-c2ccc(N(c3cccc(-c4ccccc4)c3)c3ccc4c5c3C(C)(C)c3ccccc3N5c3c(ccc5ccccc35)O4)cc21. The molecule has 3 nitrogen and oxygen atoms in total. The lowest BCUT2D eigenvalue weighted by atomic mass is 9.72. The van der Waals surface area contributed by atoms with Crippen LogP contribution < -0.4 is 14.5 Å². The molecule has 3 heteroatoms. The van der Waals surface area contributed by atoms with Crippen molar-refractivity contribution in [3.05, 3.63) is 192 Å². The van der Waals surface area contributed by atoms with Crippen LogP contribution in [0.2, 0.25) is 0 Å². The summed E-state index contributed by atoms with van der Waals surface area (Å²) in [6.07, 6.45) is 0. The second-order valence-electron chi connectivity index (χ2n) is 16.2. The lowest BCUT2D eigenvalue weighted by Gasteiger charge is -2.47. The van der Waals surface area contributed by atoms with E-state index in [0.717, 1.165) is 39.9 Å². The van der Waals surface area contributed by atoms with Gasteiger partial charge in [-0.15, -0.1) is 0 Å². The number of fused-ring (bicyclic) bond motifs is 9. The zero-order valence-electron chi connectivity index (χ0n) is 31.5. The van der Waals surface area contributed by atoms with E-state index >= 15 is 0 Å². The van der Waals surface area contributed by atoms with Gasteiger partial charge in [-0.1, -0.05) is 149 Å². The molecule has 2 heterocycles. The summed E-state index contributed by atoms with van der Waals surface area (Å²) < 4.78 is 6.93.